The highest BCUT2D eigenvalue weighted by molar-refractivity contribution is 4.89. The SMILES string of the molecule is C[NH2+]C1CC=CCC1. The monoisotopic (exact) mass is 112 g/mol. The van der Waals surface area contributed by atoms with E-state index in [-0.39, 0.29) is 0 Å². The molecule has 0 bridgehead atoms. The molecule has 1 atom stereocenters. The number of rotatable bonds is 1. The third-order valence-electron chi connectivity index (χ3n) is 1.78. The molecule has 0 heterocycles. The number of hydrogen-bond acceptors (Lipinski definition) is 0. The van der Waals surface area contributed by atoms with Crippen LogP contribution in [0.4, 0.5) is 0 Å². The van der Waals surface area contributed by atoms with E-state index in [0.29, 0.717) is 0 Å². The topological polar surface area (TPSA) is 16.6 Å². The van der Waals surface area contributed by atoms with E-state index in [2.05, 4.69) is 24.5 Å². The lowest BCUT2D eigenvalue weighted by Crippen LogP contribution is -2.86. The second-order valence-electron chi connectivity index (χ2n) is 2.38. The first-order valence-electron chi connectivity index (χ1n) is 3.38. The summed E-state index contributed by atoms with van der Waals surface area (Å²) in [6.45, 7) is 0. The second kappa shape index (κ2) is 2.88. The maximum absolute atomic E-state index is 2.31. The summed E-state index contributed by atoms with van der Waals surface area (Å²) in [5, 5.41) is 2.31. The zero-order valence-electron chi connectivity index (χ0n) is 5.43. The smallest absolute Gasteiger partial charge is 0.0894 e. The van der Waals surface area contributed by atoms with Gasteiger partial charge in [-0.15, -0.1) is 0 Å². The highest BCUT2D eigenvalue weighted by atomic mass is 14.9. The molecular weight excluding hydrogens is 98.1 g/mol. The second-order valence-corrected chi connectivity index (χ2v) is 2.38. The quantitative estimate of drug-likeness (QED) is 0.469. The highest BCUT2D eigenvalue weighted by Crippen LogP contribution is 2.05. The van der Waals surface area contributed by atoms with Gasteiger partial charge in [0.2, 0.25) is 0 Å². The summed E-state index contributed by atoms with van der Waals surface area (Å²) < 4.78 is 0. The standard InChI is InChI=1S/C7H13N/c1-8-7-5-3-2-4-6-7/h2-3,7-8H,4-6H2,1H3/p+1. The van der Waals surface area contributed by atoms with Gasteiger partial charge in [0.25, 0.3) is 0 Å². The van der Waals surface area contributed by atoms with Crippen molar-refractivity contribution >= 4 is 0 Å². The summed E-state index contributed by atoms with van der Waals surface area (Å²) in [6, 6.07) is 0.875. The molecular formula is C7H14N+. The van der Waals surface area contributed by atoms with Gasteiger partial charge < -0.3 is 5.32 Å². The van der Waals surface area contributed by atoms with Crippen LogP contribution in [0.15, 0.2) is 12.2 Å². The molecule has 1 aliphatic carbocycles. The Kier molecular flexibility index (Phi) is 2.10. The van der Waals surface area contributed by atoms with Crippen LogP contribution in [0.25, 0.3) is 0 Å². The maximum atomic E-state index is 2.31. The molecule has 0 saturated heterocycles. The van der Waals surface area contributed by atoms with Crippen molar-refractivity contribution in [1.82, 2.24) is 0 Å². The van der Waals surface area contributed by atoms with E-state index >= 15 is 0 Å². The van der Waals surface area contributed by atoms with E-state index < -0.39 is 0 Å². The Morgan fingerprint density at radius 2 is 2.38 bits per heavy atom. The van der Waals surface area contributed by atoms with Crippen molar-refractivity contribution in [2.24, 2.45) is 0 Å². The highest BCUT2D eigenvalue weighted by Gasteiger charge is 2.08. The van der Waals surface area contributed by atoms with Crippen molar-refractivity contribution in [3.8, 4) is 0 Å². The molecule has 0 radical (unpaired) electrons. The van der Waals surface area contributed by atoms with Gasteiger partial charge >= 0.3 is 0 Å². The van der Waals surface area contributed by atoms with E-state index in [4.69, 9.17) is 0 Å². The van der Waals surface area contributed by atoms with Crippen molar-refractivity contribution in [1.29, 1.82) is 0 Å². The van der Waals surface area contributed by atoms with Crippen LogP contribution in [0.5, 0.6) is 0 Å². The van der Waals surface area contributed by atoms with Gasteiger partial charge in [0.05, 0.1) is 13.1 Å². The van der Waals surface area contributed by atoms with Gasteiger partial charge in [0, 0.05) is 12.8 Å². The third-order valence-corrected chi connectivity index (χ3v) is 1.78. The van der Waals surface area contributed by atoms with Gasteiger partial charge in [0.1, 0.15) is 0 Å². The Bertz CT molecular complexity index is 86.4. The Hall–Kier alpha value is -0.300. The number of quaternary nitrogens is 1. The lowest BCUT2D eigenvalue weighted by molar-refractivity contribution is -0.663. The zero-order valence-corrected chi connectivity index (χ0v) is 5.43. The fraction of sp³-hybridized carbons (Fsp3) is 0.714. The number of hydrogen-bond donors (Lipinski definition) is 1. The molecule has 8 heavy (non-hydrogen) atoms. The molecule has 1 rings (SSSR count). The fourth-order valence-corrected chi connectivity index (χ4v) is 1.12. The van der Waals surface area contributed by atoms with Crippen LogP contribution in [-0.2, 0) is 0 Å². The van der Waals surface area contributed by atoms with Crippen LogP contribution >= 0.6 is 0 Å². The minimum Gasteiger partial charge on any atom is -0.346 e. The van der Waals surface area contributed by atoms with Crippen molar-refractivity contribution in [3.05, 3.63) is 12.2 Å². The van der Waals surface area contributed by atoms with Crippen LogP contribution in [0.1, 0.15) is 19.3 Å². The molecule has 0 aromatic heterocycles. The Morgan fingerprint density at radius 3 is 2.75 bits per heavy atom. The average molecular weight is 112 g/mol. The van der Waals surface area contributed by atoms with Gasteiger partial charge in [-0.2, -0.15) is 0 Å². The van der Waals surface area contributed by atoms with E-state index in [1.54, 1.807) is 0 Å². The summed E-state index contributed by atoms with van der Waals surface area (Å²) in [5.74, 6) is 0. The summed E-state index contributed by atoms with van der Waals surface area (Å²) in [6.07, 6.45) is 8.49. The molecule has 1 aliphatic rings. The summed E-state index contributed by atoms with van der Waals surface area (Å²) in [4.78, 5) is 0. The van der Waals surface area contributed by atoms with Crippen molar-refractivity contribution < 1.29 is 5.32 Å². The van der Waals surface area contributed by atoms with Gasteiger partial charge in [-0.05, 0) is 6.42 Å². The molecule has 1 nitrogen and oxygen atoms in total. The fourth-order valence-electron chi connectivity index (χ4n) is 1.12. The first-order valence-corrected chi connectivity index (χ1v) is 3.38. The van der Waals surface area contributed by atoms with Gasteiger partial charge in [0.15, 0.2) is 0 Å². The largest absolute Gasteiger partial charge is 0.346 e. The third kappa shape index (κ3) is 1.34. The molecule has 0 spiro atoms. The molecule has 2 N–H and O–H groups in total. The lowest BCUT2D eigenvalue weighted by Gasteiger charge is -2.12. The predicted molar refractivity (Wildman–Crippen MR) is 34.6 cm³/mol. The van der Waals surface area contributed by atoms with Crippen molar-refractivity contribution in [3.63, 3.8) is 0 Å². The molecule has 0 fully saturated rings. The Morgan fingerprint density at radius 1 is 1.50 bits per heavy atom. The van der Waals surface area contributed by atoms with Crippen LogP contribution in [0.3, 0.4) is 0 Å². The first kappa shape index (κ1) is 5.83. The molecule has 0 saturated carbocycles. The lowest BCUT2D eigenvalue weighted by atomic mass is 10.0. The van der Waals surface area contributed by atoms with E-state index in [1.165, 1.54) is 19.3 Å². The van der Waals surface area contributed by atoms with Crippen LogP contribution < -0.4 is 5.32 Å². The predicted octanol–water partition coefficient (Wildman–Crippen LogP) is 0.288. The molecule has 1 unspecified atom stereocenters. The van der Waals surface area contributed by atoms with Crippen LogP contribution in [0.2, 0.25) is 0 Å². The summed E-state index contributed by atoms with van der Waals surface area (Å²) >= 11 is 0. The molecule has 0 aromatic rings. The Labute approximate surface area is 50.8 Å². The van der Waals surface area contributed by atoms with Crippen LogP contribution in [0, 0.1) is 0 Å². The number of nitrogens with two attached hydrogens (primary N) is 1. The van der Waals surface area contributed by atoms with Gasteiger partial charge in [-0.3, -0.25) is 0 Å². The van der Waals surface area contributed by atoms with Gasteiger partial charge in [-0.25, -0.2) is 0 Å². The normalized spacial score (nSPS) is 28.4. The maximum Gasteiger partial charge on any atom is 0.0894 e. The van der Waals surface area contributed by atoms with E-state index in [0.717, 1.165) is 6.04 Å². The number of allylic oxidation sites excluding steroid dienone is 1. The first-order chi connectivity index (χ1) is 3.93. The Balaban J connectivity index is 2.27. The van der Waals surface area contributed by atoms with E-state index in [9.17, 15) is 0 Å². The zero-order chi connectivity index (χ0) is 5.82. The summed E-state index contributed by atoms with van der Waals surface area (Å²) in [5.41, 5.74) is 0. The molecule has 1 heteroatoms. The molecule has 0 aromatic carbocycles. The van der Waals surface area contributed by atoms with Crippen molar-refractivity contribution in [2.45, 2.75) is 25.3 Å². The van der Waals surface area contributed by atoms with Crippen molar-refractivity contribution in [2.75, 3.05) is 7.05 Å². The summed E-state index contributed by atoms with van der Waals surface area (Å²) in [7, 11) is 2.16. The van der Waals surface area contributed by atoms with E-state index in [1.807, 2.05) is 0 Å². The minimum absolute atomic E-state index is 0.875. The average Bonchev–Trinajstić information content (AvgIpc) is 1.90. The molecule has 46 valence electrons. The van der Waals surface area contributed by atoms with Gasteiger partial charge in [-0.1, -0.05) is 12.2 Å². The minimum atomic E-state index is 0.875. The molecule has 0 amide bonds. The molecule has 0 aliphatic heterocycles. The van der Waals surface area contributed by atoms with Crippen LogP contribution in [-0.4, -0.2) is 13.1 Å².